The van der Waals surface area contributed by atoms with Crippen molar-refractivity contribution in [3.63, 3.8) is 0 Å². The molecule has 2 rings (SSSR count). The van der Waals surface area contributed by atoms with Gasteiger partial charge in [-0.15, -0.1) is 0 Å². The van der Waals surface area contributed by atoms with Crippen LogP contribution in [0.25, 0.3) is 0 Å². The summed E-state index contributed by atoms with van der Waals surface area (Å²) in [6, 6.07) is 4.94. The van der Waals surface area contributed by atoms with Gasteiger partial charge in [-0.25, -0.2) is 0 Å². The first-order valence-electron chi connectivity index (χ1n) is 6.79. The van der Waals surface area contributed by atoms with Gasteiger partial charge in [-0.1, -0.05) is 36.6 Å². The third-order valence-corrected chi connectivity index (χ3v) is 4.34. The molecule has 0 radical (unpaired) electrons. The number of hydrogen-bond donors (Lipinski definition) is 2. The van der Waals surface area contributed by atoms with E-state index in [9.17, 15) is 14.7 Å². The van der Waals surface area contributed by atoms with E-state index in [-0.39, 0.29) is 11.9 Å². The number of rotatable bonds is 3. The molecule has 0 aliphatic heterocycles. The summed E-state index contributed by atoms with van der Waals surface area (Å²) in [7, 11) is 0. The fraction of sp³-hybridized carbons (Fsp3) is 0.467. The fourth-order valence-corrected chi connectivity index (χ4v) is 2.88. The monoisotopic (exact) mass is 295 g/mol. The summed E-state index contributed by atoms with van der Waals surface area (Å²) in [5.41, 5.74) is 1.24. The molecule has 0 bridgehead atoms. The highest BCUT2D eigenvalue weighted by molar-refractivity contribution is 6.34. The summed E-state index contributed by atoms with van der Waals surface area (Å²) >= 11 is 6.13. The Balaban J connectivity index is 2.14. The molecular weight excluding hydrogens is 278 g/mol. The highest BCUT2D eigenvalue weighted by atomic mass is 35.5. The molecule has 1 amide bonds. The highest BCUT2D eigenvalue weighted by Gasteiger charge is 2.32. The Labute approximate surface area is 123 Å². The molecule has 0 spiro atoms. The van der Waals surface area contributed by atoms with Crippen LogP contribution in [-0.4, -0.2) is 23.0 Å². The van der Waals surface area contributed by atoms with Crippen LogP contribution >= 0.6 is 11.6 Å². The summed E-state index contributed by atoms with van der Waals surface area (Å²) in [5.74, 6) is -1.64. The zero-order valence-electron chi connectivity index (χ0n) is 11.4. The minimum absolute atomic E-state index is 0.295. The number of aliphatic carboxylic acids is 1. The van der Waals surface area contributed by atoms with Crippen molar-refractivity contribution in [2.45, 2.75) is 38.6 Å². The first-order chi connectivity index (χ1) is 9.50. The number of nitrogens with one attached hydrogen (secondary N) is 1. The lowest BCUT2D eigenvalue weighted by atomic mass is 9.84. The lowest BCUT2D eigenvalue weighted by Gasteiger charge is -2.29. The van der Waals surface area contributed by atoms with E-state index in [1.165, 1.54) is 0 Å². The zero-order valence-corrected chi connectivity index (χ0v) is 12.1. The molecule has 1 aliphatic carbocycles. The van der Waals surface area contributed by atoms with Gasteiger partial charge >= 0.3 is 5.97 Å². The molecule has 0 aromatic heterocycles. The highest BCUT2D eigenvalue weighted by Crippen LogP contribution is 2.26. The molecule has 0 saturated heterocycles. The molecule has 2 atom stereocenters. The summed E-state index contributed by atoms with van der Waals surface area (Å²) in [6.45, 7) is 1.83. The Kier molecular flexibility index (Phi) is 4.65. The van der Waals surface area contributed by atoms with Crippen molar-refractivity contribution in [1.29, 1.82) is 0 Å². The van der Waals surface area contributed by atoms with Crippen LogP contribution in [-0.2, 0) is 4.79 Å². The summed E-state index contributed by atoms with van der Waals surface area (Å²) in [5, 5.41) is 12.5. The summed E-state index contributed by atoms with van der Waals surface area (Å²) in [4.78, 5) is 23.5. The topological polar surface area (TPSA) is 66.4 Å². The number of hydrogen-bond acceptors (Lipinski definition) is 2. The normalized spacial score (nSPS) is 22.3. The molecule has 2 unspecified atom stereocenters. The molecule has 1 aromatic carbocycles. The van der Waals surface area contributed by atoms with Gasteiger partial charge in [0.25, 0.3) is 5.91 Å². The fourth-order valence-electron chi connectivity index (χ4n) is 2.67. The number of halogens is 1. The second-order valence-corrected chi connectivity index (χ2v) is 5.62. The Morgan fingerprint density at radius 2 is 2.00 bits per heavy atom. The van der Waals surface area contributed by atoms with Gasteiger partial charge in [-0.3, -0.25) is 9.59 Å². The quantitative estimate of drug-likeness (QED) is 0.901. The smallest absolute Gasteiger partial charge is 0.308 e. The van der Waals surface area contributed by atoms with Crippen molar-refractivity contribution >= 4 is 23.5 Å². The maximum absolute atomic E-state index is 12.3. The van der Waals surface area contributed by atoms with Crippen LogP contribution in [0.3, 0.4) is 0 Å². The molecule has 2 N–H and O–H groups in total. The number of carboxylic acids is 1. The van der Waals surface area contributed by atoms with Gasteiger partial charge in [0.1, 0.15) is 0 Å². The van der Waals surface area contributed by atoms with Gasteiger partial charge in [0.2, 0.25) is 0 Å². The molecule has 0 heterocycles. The number of aryl methyl sites for hydroxylation is 1. The first kappa shape index (κ1) is 14.9. The second-order valence-electron chi connectivity index (χ2n) is 5.25. The molecule has 108 valence electrons. The minimum atomic E-state index is -0.842. The standard InChI is InChI=1S/C15H18ClNO3/c1-9-5-4-7-11(13(9)16)14(18)17-12-8-3-2-6-10(12)15(19)20/h4-5,7,10,12H,2-3,6,8H2,1H3,(H,17,18)(H,19,20). The average molecular weight is 296 g/mol. The van der Waals surface area contributed by atoms with E-state index in [0.29, 0.717) is 23.4 Å². The van der Waals surface area contributed by atoms with Gasteiger partial charge < -0.3 is 10.4 Å². The molecule has 1 aliphatic rings. The van der Waals surface area contributed by atoms with E-state index in [4.69, 9.17) is 11.6 Å². The van der Waals surface area contributed by atoms with Crippen LogP contribution in [0, 0.1) is 12.8 Å². The minimum Gasteiger partial charge on any atom is -0.481 e. The second kappa shape index (κ2) is 6.27. The van der Waals surface area contributed by atoms with E-state index in [2.05, 4.69) is 5.32 Å². The van der Waals surface area contributed by atoms with Crippen molar-refractivity contribution in [1.82, 2.24) is 5.32 Å². The Hall–Kier alpha value is -1.55. The third kappa shape index (κ3) is 3.12. The molecular formula is C15H18ClNO3. The van der Waals surface area contributed by atoms with Crippen molar-refractivity contribution in [2.24, 2.45) is 5.92 Å². The van der Waals surface area contributed by atoms with Crippen molar-refractivity contribution in [2.75, 3.05) is 0 Å². The largest absolute Gasteiger partial charge is 0.481 e. The molecule has 1 saturated carbocycles. The number of carboxylic acid groups (broad SMARTS) is 1. The maximum atomic E-state index is 12.3. The lowest BCUT2D eigenvalue weighted by molar-refractivity contribution is -0.143. The number of amides is 1. The van der Waals surface area contributed by atoms with Crippen molar-refractivity contribution in [3.8, 4) is 0 Å². The van der Waals surface area contributed by atoms with Crippen LogP contribution in [0.1, 0.15) is 41.6 Å². The Morgan fingerprint density at radius 3 is 2.70 bits per heavy atom. The van der Waals surface area contributed by atoms with Crippen LogP contribution in [0.2, 0.25) is 5.02 Å². The number of carbonyl (C=O) groups excluding carboxylic acids is 1. The summed E-state index contributed by atoms with van der Waals surface area (Å²) < 4.78 is 0. The van der Waals surface area contributed by atoms with Crippen molar-refractivity contribution < 1.29 is 14.7 Å². The Bertz CT molecular complexity index is 530. The number of benzene rings is 1. The van der Waals surface area contributed by atoms with Crippen LogP contribution < -0.4 is 5.32 Å². The molecule has 1 fully saturated rings. The lowest BCUT2D eigenvalue weighted by Crippen LogP contribution is -2.45. The van der Waals surface area contributed by atoms with Gasteiger partial charge in [0, 0.05) is 6.04 Å². The van der Waals surface area contributed by atoms with Gasteiger partial charge in [-0.2, -0.15) is 0 Å². The van der Waals surface area contributed by atoms with E-state index in [0.717, 1.165) is 18.4 Å². The maximum Gasteiger partial charge on any atom is 0.308 e. The van der Waals surface area contributed by atoms with Crippen LogP contribution in [0.5, 0.6) is 0 Å². The van der Waals surface area contributed by atoms with Crippen LogP contribution in [0.15, 0.2) is 18.2 Å². The SMILES string of the molecule is Cc1cccc(C(=O)NC2CCCCC2C(=O)O)c1Cl. The third-order valence-electron chi connectivity index (χ3n) is 3.84. The van der Waals surface area contributed by atoms with E-state index in [1.807, 2.05) is 13.0 Å². The zero-order chi connectivity index (χ0) is 14.7. The first-order valence-corrected chi connectivity index (χ1v) is 7.17. The van der Waals surface area contributed by atoms with E-state index >= 15 is 0 Å². The van der Waals surface area contributed by atoms with E-state index in [1.54, 1.807) is 12.1 Å². The molecule has 1 aromatic rings. The van der Waals surface area contributed by atoms with Gasteiger partial charge in [0.05, 0.1) is 16.5 Å². The van der Waals surface area contributed by atoms with Crippen LogP contribution in [0.4, 0.5) is 0 Å². The van der Waals surface area contributed by atoms with E-state index < -0.39 is 11.9 Å². The van der Waals surface area contributed by atoms with Crippen molar-refractivity contribution in [3.05, 3.63) is 34.3 Å². The van der Waals surface area contributed by atoms with Gasteiger partial charge in [-0.05, 0) is 31.4 Å². The molecule has 4 nitrogen and oxygen atoms in total. The molecule has 20 heavy (non-hydrogen) atoms. The average Bonchev–Trinajstić information content (AvgIpc) is 2.42. The predicted molar refractivity (Wildman–Crippen MR) is 77.0 cm³/mol. The predicted octanol–water partition coefficient (Wildman–Crippen LogP) is 3.02. The van der Waals surface area contributed by atoms with Gasteiger partial charge in [0.15, 0.2) is 0 Å². The molecule has 5 heteroatoms. The Morgan fingerprint density at radius 1 is 1.30 bits per heavy atom. The summed E-state index contributed by atoms with van der Waals surface area (Å²) in [6.07, 6.45) is 3.15. The number of carbonyl (C=O) groups is 2.